The number of anilines is 1. The number of hydrogen-bond donors (Lipinski definition) is 2. The lowest BCUT2D eigenvalue weighted by Gasteiger charge is -2.16. The lowest BCUT2D eigenvalue weighted by atomic mass is 9.98. The molecule has 34 heavy (non-hydrogen) atoms. The molecule has 3 aromatic rings. The maximum Gasteiger partial charge on any atom is 0.411 e. The normalized spacial score (nSPS) is 16.6. The Balaban J connectivity index is 1.19. The average molecular weight is 457 g/mol. The molecule has 172 valence electrons. The van der Waals surface area contributed by atoms with Gasteiger partial charge in [-0.2, -0.15) is 0 Å². The molecule has 5 rings (SSSR count). The van der Waals surface area contributed by atoms with E-state index in [-0.39, 0.29) is 30.7 Å². The summed E-state index contributed by atoms with van der Waals surface area (Å²) in [7, 11) is 0. The molecule has 1 aliphatic heterocycles. The molecule has 1 unspecified atom stereocenters. The Kier molecular flexibility index (Phi) is 5.71. The van der Waals surface area contributed by atoms with Crippen molar-refractivity contribution in [3.8, 4) is 11.1 Å². The fourth-order valence-corrected chi connectivity index (χ4v) is 4.65. The van der Waals surface area contributed by atoms with Gasteiger partial charge < -0.3 is 14.7 Å². The van der Waals surface area contributed by atoms with Gasteiger partial charge in [0.1, 0.15) is 12.3 Å². The summed E-state index contributed by atoms with van der Waals surface area (Å²) in [5.41, 5.74) is 5.18. The van der Waals surface area contributed by atoms with E-state index in [0.717, 1.165) is 22.3 Å². The number of carboxylic acid groups (broad SMARTS) is 1. The van der Waals surface area contributed by atoms with Gasteiger partial charge in [0.05, 0.1) is 17.8 Å². The molecule has 0 bridgehead atoms. The highest BCUT2D eigenvalue weighted by Crippen LogP contribution is 2.44. The number of fused-ring (bicyclic) bond motifs is 3. The fraction of sp³-hybridized carbons (Fsp3) is 0.231. The molecule has 0 radical (unpaired) electrons. The number of hydrogen-bond acceptors (Lipinski definition) is 5. The van der Waals surface area contributed by atoms with Crippen molar-refractivity contribution in [2.75, 3.05) is 25.0 Å². The SMILES string of the molecule is O=C(Nc1ccc(C(=O)N2CCC(C(=O)O)C2)nc1)OCC1c2ccccc2-c2ccccc21. The zero-order chi connectivity index (χ0) is 23.7. The van der Waals surface area contributed by atoms with Gasteiger partial charge in [-0.05, 0) is 40.8 Å². The van der Waals surface area contributed by atoms with Crippen molar-refractivity contribution in [2.45, 2.75) is 12.3 Å². The van der Waals surface area contributed by atoms with Gasteiger partial charge in [0, 0.05) is 19.0 Å². The third-order valence-corrected chi connectivity index (χ3v) is 6.40. The zero-order valence-corrected chi connectivity index (χ0v) is 18.3. The number of likely N-dealkylation sites (tertiary alicyclic amines) is 1. The average Bonchev–Trinajstić information content (AvgIpc) is 3.47. The molecule has 2 aromatic carbocycles. The van der Waals surface area contributed by atoms with Crippen molar-refractivity contribution >= 4 is 23.7 Å². The summed E-state index contributed by atoms with van der Waals surface area (Å²) >= 11 is 0. The Labute approximate surface area is 196 Å². The Morgan fingerprint density at radius 1 is 1.00 bits per heavy atom. The maximum absolute atomic E-state index is 12.6. The van der Waals surface area contributed by atoms with E-state index in [1.165, 1.54) is 17.2 Å². The topological polar surface area (TPSA) is 109 Å². The van der Waals surface area contributed by atoms with Crippen LogP contribution >= 0.6 is 0 Å². The first kappa shape index (κ1) is 21.6. The Bertz CT molecular complexity index is 1210. The van der Waals surface area contributed by atoms with E-state index in [1.54, 1.807) is 6.07 Å². The summed E-state index contributed by atoms with van der Waals surface area (Å²) in [6, 6.07) is 19.3. The molecule has 0 spiro atoms. The number of nitrogens with one attached hydrogen (secondary N) is 1. The van der Waals surface area contributed by atoms with Gasteiger partial charge in [-0.25, -0.2) is 9.78 Å². The first-order valence-corrected chi connectivity index (χ1v) is 11.1. The molecular weight excluding hydrogens is 434 g/mol. The monoisotopic (exact) mass is 457 g/mol. The molecule has 2 aliphatic rings. The minimum atomic E-state index is -0.897. The van der Waals surface area contributed by atoms with Gasteiger partial charge in [-0.3, -0.25) is 14.9 Å². The number of carboxylic acids is 1. The summed E-state index contributed by atoms with van der Waals surface area (Å²) in [5.74, 6) is -1.80. The molecule has 1 fully saturated rings. The van der Waals surface area contributed by atoms with E-state index in [1.807, 2.05) is 24.3 Å². The summed E-state index contributed by atoms with van der Waals surface area (Å²) in [4.78, 5) is 41.7. The highest BCUT2D eigenvalue weighted by molar-refractivity contribution is 5.93. The van der Waals surface area contributed by atoms with Crippen LogP contribution in [-0.4, -0.2) is 52.7 Å². The van der Waals surface area contributed by atoms with Crippen LogP contribution in [-0.2, 0) is 9.53 Å². The number of carbonyl (C=O) groups is 3. The molecule has 1 aliphatic carbocycles. The Morgan fingerprint density at radius 2 is 1.68 bits per heavy atom. The number of benzene rings is 2. The molecule has 1 saturated heterocycles. The summed E-state index contributed by atoms with van der Waals surface area (Å²) in [6.45, 7) is 0.760. The number of aromatic nitrogens is 1. The van der Waals surface area contributed by atoms with Crippen LogP contribution in [0.25, 0.3) is 11.1 Å². The number of aliphatic carboxylic acids is 1. The van der Waals surface area contributed by atoms with E-state index in [4.69, 9.17) is 9.84 Å². The number of pyridine rings is 1. The second-order valence-corrected chi connectivity index (χ2v) is 8.46. The minimum absolute atomic E-state index is 0.0358. The number of ether oxygens (including phenoxy) is 1. The summed E-state index contributed by atoms with van der Waals surface area (Å²) in [6.07, 6.45) is 1.22. The molecule has 2 heterocycles. The van der Waals surface area contributed by atoms with Gasteiger partial charge >= 0.3 is 12.1 Å². The minimum Gasteiger partial charge on any atom is -0.481 e. The van der Waals surface area contributed by atoms with Crippen LogP contribution in [0.3, 0.4) is 0 Å². The Morgan fingerprint density at radius 3 is 2.26 bits per heavy atom. The van der Waals surface area contributed by atoms with Crippen molar-refractivity contribution in [1.82, 2.24) is 9.88 Å². The van der Waals surface area contributed by atoms with Crippen LogP contribution in [0.2, 0.25) is 0 Å². The quantitative estimate of drug-likeness (QED) is 0.600. The standard InChI is InChI=1S/C26H23N3O5/c30-24(29-12-11-16(14-29)25(31)32)23-10-9-17(13-27-23)28-26(33)34-15-22-20-7-3-1-5-18(20)19-6-2-4-8-21(19)22/h1-10,13,16,22H,11-12,14-15H2,(H,28,33)(H,31,32). The zero-order valence-electron chi connectivity index (χ0n) is 18.3. The van der Waals surface area contributed by atoms with Crippen LogP contribution < -0.4 is 5.32 Å². The van der Waals surface area contributed by atoms with Gasteiger partial charge in [0.15, 0.2) is 0 Å². The van der Waals surface area contributed by atoms with E-state index >= 15 is 0 Å². The fourth-order valence-electron chi connectivity index (χ4n) is 4.65. The number of carbonyl (C=O) groups excluding carboxylic acids is 2. The van der Waals surface area contributed by atoms with Crippen molar-refractivity contribution < 1.29 is 24.2 Å². The van der Waals surface area contributed by atoms with E-state index < -0.39 is 18.0 Å². The van der Waals surface area contributed by atoms with Crippen LogP contribution in [0.4, 0.5) is 10.5 Å². The third-order valence-electron chi connectivity index (χ3n) is 6.40. The van der Waals surface area contributed by atoms with Crippen molar-refractivity contribution in [2.24, 2.45) is 5.92 Å². The van der Waals surface area contributed by atoms with Gasteiger partial charge in [0.2, 0.25) is 0 Å². The van der Waals surface area contributed by atoms with Gasteiger partial charge in [-0.1, -0.05) is 48.5 Å². The van der Waals surface area contributed by atoms with Crippen molar-refractivity contribution in [1.29, 1.82) is 0 Å². The first-order chi connectivity index (χ1) is 16.5. The van der Waals surface area contributed by atoms with Crippen LogP contribution in [0.15, 0.2) is 66.9 Å². The first-order valence-electron chi connectivity index (χ1n) is 11.1. The molecule has 1 aromatic heterocycles. The third kappa shape index (κ3) is 4.10. The van der Waals surface area contributed by atoms with E-state index in [2.05, 4.69) is 34.6 Å². The molecule has 0 saturated carbocycles. The van der Waals surface area contributed by atoms with E-state index in [9.17, 15) is 14.4 Å². The van der Waals surface area contributed by atoms with Crippen molar-refractivity contribution in [3.63, 3.8) is 0 Å². The smallest absolute Gasteiger partial charge is 0.411 e. The molecular formula is C26H23N3O5. The largest absolute Gasteiger partial charge is 0.481 e. The molecule has 8 nitrogen and oxygen atoms in total. The van der Waals surface area contributed by atoms with Crippen LogP contribution in [0.1, 0.15) is 34.0 Å². The highest BCUT2D eigenvalue weighted by Gasteiger charge is 2.32. The maximum atomic E-state index is 12.6. The van der Waals surface area contributed by atoms with Crippen molar-refractivity contribution in [3.05, 3.63) is 83.7 Å². The number of nitrogens with zero attached hydrogens (tertiary/aromatic N) is 2. The number of amides is 2. The molecule has 8 heteroatoms. The Hall–Kier alpha value is -4.20. The summed E-state index contributed by atoms with van der Waals surface area (Å²) < 4.78 is 5.53. The molecule has 2 N–H and O–H groups in total. The van der Waals surface area contributed by atoms with E-state index in [0.29, 0.717) is 18.7 Å². The van der Waals surface area contributed by atoms with Gasteiger partial charge in [0.25, 0.3) is 5.91 Å². The molecule has 1 atom stereocenters. The second-order valence-electron chi connectivity index (χ2n) is 8.46. The molecule has 2 amide bonds. The lowest BCUT2D eigenvalue weighted by molar-refractivity contribution is -0.141. The highest BCUT2D eigenvalue weighted by atomic mass is 16.5. The van der Waals surface area contributed by atoms with Crippen LogP contribution in [0, 0.1) is 5.92 Å². The van der Waals surface area contributed by atoms with Crippen LogP contribution in [0.5, 0.6) is 0 Å². The number of rotatable bonds is 5. The van der Waals surface area contributed by atoms with Gasteiger partial charge in [-0.15, -0.1) is 0 Å². The lowest BCUT2D eigenvalue weighted by Crippen LogP contribution is -2.30. The predicted molar refractivity (Wildman–Crippen MR) is 125 cm³/mol. The predicted octanol–water partition coefficient (Wildman–Crippen LogP) is 3.99. The summed E-state index contributed by atoms with van der Waals surface area (Å²) in [5, 5.41) is 11.8. The second kappa shape index (κ2) is 8.97.